The van der Waals surface area contributed by atoms with Crippen LogP contribution in [-0.4, -0.2) is 78.5 Å². The SMILES string of the molecule is CCCCNc1nc(N)c2c(n1)N(CCN1CCN(C)CC1)C(=O)C2. The van der Waals surface area contributed by atoms with Gasteiger partial charge in [0.15, 0.2) is 0 Å². The Morgan fingerprint density at radius 2 is 1.92 bits per heavy atom. The van der Waals surface area contributed by atoms with Crippen molar-refractivity contribution in [3.8, 4) is 0 Å². The molecule has 0 aromatic carbocycles. The van der Waals surface area contributed by atoms with Gasteiger partial charge in [0, 0.05) is 51.4 Å². The van der Waals surface area contributed by atoms with Gasteiger partial charge in [-0.25, -0.2) is 0 Å². The summed E-state index contributed by atoms with van der Waals surface area (Å²) in [5, 5.41) is 3.21. The molecule has 3 rings (SSSR count). The maximum Gasteiger partial charge on any atom is 0.232 e. The molecule has 1 amide bonds. The molecule has 138 valence electrons. The van der Waals surface area contributed by atoms with Gasteiger partial charge in [-0.1, -0.05) is 13.3 Å². The number of unbranched alkanes of at least 4 members (excludes halogenated alkanes) is 1. The van der Waals surface area contributed by atoms with E-state index < -0.39 is 0 Å². The predicted octanol–water partition coefficient (Wildman–Crippen LogP) is 0.407. The first-order valence-electron chi connectivity index (χ1n) is 9.20. The van der Waals surface area contributed by atoms with Crippen molar-refractivity contribution in [3.63, 3.8) is 0 Å². The molecule has 8 nitrogen and oxygen atoms in total. The van der Waals surface area contributed by atoms with Crippen LogP contribution in [0.15, 0.2) is 0 Å². The van der Waals surface area contributed by atoms with Gasteiger partial charge in [-0.05, 0) is 13.5 Å². The van der Waals surface area contributed by atoms with Gasteiger partial charge < -0.3 is 16.0 Å². The minimum absolute atomic E-state index is 0.0656. The Morgan fingerprint density at radius 3 is 2.64 bits per heavy atom. The van der Waals surface area contributed by atoms with Crippen molar-refractivity contribution in [1.29, 1.82) is 0 Å². The molecule has 0 spiro atoms. The van der Waals surface area contributed by atoms with Crippen LogP contribution >= 0.6 is 0 Å². The Labute approximate surface area is 149 Å². The summed E-state index contributed by atoms with van der Waals surface area (Å²) < 4.78 is 0. The molecule has 2 aliphatic heterocycles. The number of nitrogens with one attached hydrogen (secondary N) is 1. The summed E-state index contributed by atoms with van der Waals surface area (Å²) in [6.45, 7) is 8.70. The number of anilines is 3. The second-order valence-electron chi connectivity index (χ2n) is 6.88. The maximum absolute atomic E-state index is 12.4. The third-order valence-corrected chi connectivity index (χ3v) is 4.95. The highest BCUT2D eigenvalue weighted by atomic mass is 16.2. The summed E-state index contributed by atoms with van der Waals surface area (Å²) in [4.78, 5) is 27.8. The van der Waals surface area contributed by atoms with Crippen molar-refractivity contribution in [2.24, 2.45) is 0 Å². The first kappa shape index (κ1) is 17.9. The molecule has 1 fully saturated rings. The van der Waals surface area contributed by atoms with Crippen LogP contribution in [0.2, 0.25) is 0 Å². The minimum atomic E-state index is 0.0656. The number of piperazine rings is 1. The quantitative estimate of drug-likeness (QED) is 0.690. The van der Waals surface area contributed by atoms with Crippen molar-refractivity contribution in [1.82, 2.24) is 19.8 Å². The molecule has 0 atom stereocenters. The number of nitrogens with two attached hydrogens (primary N) is 1. The van der Waals surface area contributed by atoms with Crippen molar-refractivity contribution in [2.75, 3.05) is 68.8 Å². The average molecular weight is 347 g/mol. The lowest BCUT2D eigenvalue weighted by Gasteiger charge is -2.33. The molecule has 0 aliphatic carbocycles. The zero-order valence-corrected chi connectivity index (χ0v) is 15.3. The zero-order chi connectivity index (χ0) is 17.8. The smallest absolute Gasteiger partial charge is 0.232 e. The van der Waals surface area contributed by atoms with Gasteiger partial charge in [0.25, 0.3) is 0 Å². The van der Waals surface area contributed by atoms with Gasteiger partial charge in [0.2, 0.25) is 11.9 Å². The van der Waals surface area contributed by atoms with Crippen molar-refractivity contribution in [3.05, 3.63) is 5.56 Å². The van der Waals surface area contributed by atoms with E-state index in [1.54, 1.807) is 4.90 Å². The van der Waals surface area contributed by atoms with Gasteiger partial charge in [-0.2, -0.15) is 9.97 Å². The number of carbonyl (C=O) groups is 1. The molecule has 0 saturated carbocycles. The number of hydrogen-bond donors (Lipinski definition) is 2. The van der Waals surface area contributed by atoms with E-state index in [1.807, 2.05) is 0 Å². The van der Waals surface area contributed by atoms with E-state index >= 15 is 0 Å². The lowest BCUT2D eigenvalue weighted by molar-refractivity contribution is -0.117. The molecule has 3 heterocycles. The second kappa shape index (κ2) is 7.97. The molecule has 1 aromatic rings. The van der Waals surface area contributed by atoms with Crippen LogP contribution in [0.4, 0.5) is 17.6 Å². The average Bonchev–Trinajstić information content (AvgIpc) is 2.91. The van der Waals surface area contributed by atoms with Crippen molar-refractivity contribution < 1.29 is 4.79 Å². The van der Waals surface area contributed by atoms with Crippen LogP contribution < -0.4 is 16.0 Å². The molecule has 1 saturated heterocycles. The molecular weight excluding hydrogens is 318 g/mol. The highest BCUT2D eigenvalue weighted by Crippen LogP contribution is 2.31. The fourth-order valence-electron chi connectivity index (χ4n) is 3.25. The van der Waals surface area contributed by atoms with E-state index in [9.17, 15) is 4.79 Å². The summed E-state index contributed by atoms with van der Waals surface area (Å²) in [5.74, 6) is 1.69. The Kier molecular flexibility index (Phi) is 5.70. The zero-order valence-electron chi connectivity index (χ0n) is 15.3. The Morgan fingerprint density at radius 1 is 1.16 bits per heavy atom. The van der Waals surface area contributed by atoms with Gasteiger partial charge in [0.1, 0.15) is 11.6 Å². The van der Waals surface area contributed by atoms with Crippen LogP contribution in [0.3, 0.4) is 0 Å². The van der Waals surface area contributed by atoms with E-state index in [1.165, 1.54) is 0 Å². The van der Waals surface area contributed by atoms with Crippen LogP contribution in [0.5, 0.6) is 0 Å². The highest BCUT2D eigenvalue weighted by molar-refractivity contribution is 6.01. The number of carbonyl (C=O) groups excluding carboxylic acids is 1. The molecule has 1 aromatic heterocycles. The third kappa shape index (κ3) is 4.19. The van der Waals surface area contributed by atoms with Crippen molar-refractivity contribution in [2.45, 2.75) is 26.2 Å². The number of rotatable bonds is 7. The number of fused-ring (bicyclic) bond motifs is 1. The Balaban J connectivity index is 1.66. The number of hydrogen-bond acceptors (Lipinski definition) is 7. The van der Waals surface area contributed by atoms with Gasteiger partial charge in [0.05, 0.1) is 6.42 Å². The van der Waals surface area contributed by atoms with Gasteiger partial charge in [-0.15, -0.1) is 0 Å². The molecular formula is C17H29N7O. The maximum atomic E-state index is 12.4. The molecule has 8 heteroatoms. The van der Waals surface area contributed by atoms with E-state index in [-0.39, 0.29) is 5.91 Å². The first-order chi connectivity index (χ1) is 12.1. The predicted molar refractivity (Wildman–Crippen MR) is 99.8 cm³/mol. The molecule has 0 unspecified atom stereocenters. The molecule has 3 N–H and O–H groups in total. The van der Waals surface area contributed by atoms with Crippen molar-refractivity contribution >= 4 is 23.5 Å². The first-order valence-corrected chi connectivity index (χ1v) is 9.20. The summed E-state index contributed by atoms with van der Waals surface area (Å²) in [7, 11) is 2.14. The molecule has 0 bridgehead atoms. The van der Waals surface area contributed by atoms with Crippen LogP contribution in [0.25, 0.3) is 0 Å². The van der Waals surface area contributed by atoms with Crippen LogP contribution in [-0.2, 0) is 11.2 Å². The van der Waals surface area contributed by atoms with Crippen LogP contribution in [0, 0.1) is 0 Å². The summed E-state index contributed by atoms with van der Waals surface area (Å²) >= 11 is 0. The lowest BCUT2D eigenvalue weighted by Crippen LogP contribution is -2.47. The molecule has 2 aliphatic rings. The summed E-state index contributed by atoms with van der Waals surface area (Å²) in [6.07, 6.45) is 2.45. The van der Waals surface area contributed by atoms with E-state index in [0.717, 1.165) is 57.7 Å². The van der Waals surface area contributed by atoms with E-state index in [2.05, 4.69) is 39.1 Å². The Bertz CT molecular complexity index is 613. The largest absolute Gasteiger partial charge is 0.383 e. The lowest BCUT2D eigenvalue weighted by atomic mass is 10.2. The van der Waals surface area contributed by atoms with Crippen LogP contribution in [0.1, 0.15) is 25.3 Å². The minimum Gasteiger partial charge on any atom is -0.383 e. The van der Waals surface area contributed by atoms with E-state index in [0.29, 0.717) is 30.5 Å². The second-order valence-corrected chi connectivity index (χ2v) is 6.88. The number of nitrogen functional groups attached to an aromatic ring is 1. The molecule has 0 radical (unpaired) electrons. The number of likely N-dealkylation sites (N-methyl/N-ethyl adjacent to an activating group) is 1. The number of aromatic nitrogens is 2. The van der Waals surface area contributed by atoms with Gasteiger partial charge >= 0.3 is 0 Å². The highest BCUT2D eigenvalue weighted by Gasteiger charge is 2.32. The number of nitrogens with zero attached hydrogens (tertiary/aromatic N) is 5. The molecule has 25 heavy (non-hydrogen) atoms. The fraction of sp³-hybridized carbons (Fsp3) is 0.706. The number of amides is 1. The summed E-state index contributed by atoms with van der Waals surface area (Å²) in [6, 6.07) is 0. The normalized spacial score (nSPS) is 18.6. The third-order valence-electron chi connectivity index (χ3n) is 4.95. The fourth-order valence-corrected chi connectivity index (χ4v) is 3.25. The topological polar surface area (TPSA) is 90.6 Å². The summed E-state index contributed by atoms with van der Waals surface area (Å²) in [5.41, 5.74) is 6.84. The monoisotopic (exact) mass is 347 g/mol. The standard InChI is InChI=1S/C17H29N7O/c1-3-4-5-19-17-20-15(18)13-12-14(25)24(16(13)21-17)11-10-23-8-6-22(2)7-9-23/h3-12H2,1-2H3,(H3,18,19,20,21). The van der Waals surface area contributed by atoms with E-state index in [4.69, 9.17) is 5.73 Å². The Hall–Kier alpha value is -1.93. The van der Waals surface area contributed by atoms with Gasteiger partial charge in [-0.3, -0.25) is 14.6 Å².